The Morgan fingerprint density at radius 2 is 2.06 bits per heavy atom. The fourth-order valence-electron chi connectivity index (χ4n) is 2.00. The van der Waals surface area contributed by atoms with Crippen LogP contribution in [0.1, 0.15) is 52.8 Å². The van der Waals surface area contributed by atoms with Gasteiger partial charge in [0.1, 0.15) is 11.3 Å². The van der Waals surface area contributed by atoms with E-state index in [0.717, 1.165) is 12.1 Å². The van der Waals surface area contributed by atoms with Gasteiger partial charge in [-0.25, -0.2) is 0 Å². The average Bonchev–Trinajstić information content (AvgIpc) is 2.71. The molecule has 2 unspecified atom stereocenters. The number of aromatic nitrogens is 2. The zero-order valence-electron chi connectivity index (χ0n) is 11.7. The first-order valence-electron chi connectivity index (χ1n) is 6.20. The first-order valence-corrected chi connectivity index (χ1v) is 6.20. The van der Waals surface area contributed by atoms with Crippen LogP contribution in [0.4, 0.5) is 0 Å². The summed E-state index contributed by atoms with van der Waals surface area (Å²) in [6.07, 6.45) is 2.58. The third-order valence-electron chi connectivity index (χ3n) is 3.52. The van der Waals surface area contributed by atoms with Gasteiger partial charge in [-0.15, -0.1) is 0 Å². The van der Waals surface area contributed by atoms with Crippen molar-refractivity contribution in [1.82, 2.24) is 9.78 Å². The summed E-state index contributed by atoms with van der Waals surface area (Å²) in [6.45, 7) is 10.0. The molecule has 0 fully saturated rings. The normalized spacial score (nSPS) is 16.9. The SMILES string of the molecule is CCC(C)C(C)(O)c1c(OC)cnn1C(C)C. The fourth-order valence-corrected chi connectivity index (χ4v) is 2.00. The molecule has 1 rings (SSSR count). The smallest absolute Gasteiger partial charge is 0.162 e. The number of hydrogen-bond acceptors (Lipinski definition) is 3. The van der Waals surface area contributed by atoms with Crippen LogP contribution in [0.15, 0.2) is 6.20 Å². The van der Waals surface area contributed by atoms with Crippen LogP contribution in [0.5, 0.6) is 5.75 Å². The predicted molar refractivity (Wildman–Crippen MR) is 68.2 cm³/mol. The van der Waals surface area contributed by atoms with Gasteiger partial charge >= 0.3 is 0 Å². The monoisotopic (exact) mass is 240 g/mol. The van der Waals surface area contributed by atoms with Crippen LogP contribution in [-0.4, -0.2) is 22.0 Å². The molecule has 0 aliphatic heterocycles. The molecule has 17 heavy (non-hydrogen) atoms. The third kappa shape index (κ3) is 2.46. The number of rotatable bonds is 5. The highest BCUT2D eigenvalue weighted by Crippen LogP contribution is 2.37. The molecule has 0 saturated heterocycles. The molecule has 0 aliphatic carbocycles. The molecule has 1 aromatic heterocycles. The third-order valence-corrected chi connectivity index (χ3v) is 3.52. The second-order valence-corrected chi connectivity index (χ2v) is 5.06. The predicted octanol–water partition coefficient (Wildman–Crippen LogP) is 2.73. The maximum atomic E-state index is 10.7. The standard InChI is InChI=1S/C13H24N2O2/c1-7-10(4)13(5,16)12-11(17-6)8-14-15(12)9(2)3/h8-10,16H,7H2,1-6H3. The Labute approximate surface area is 104 Å². The molecule has 0 radical (unpaired) electrons. The number of methoxy groups -OCH3 is 1. The molecular formula is C13H24N2O2. The van der Waals surface area contributed by atoms with Gasteiger partial charge in [0.2, 0.25) is 0 Å². The van der Waals surface area contributed by atoms with Crippen LogP contribution in [0.3, 0.4) is 0 Å². The molecule has 0 amide bonds. The van der Waals surface area contributed by atoms with Crippen molar-refractivity contribution in [1.29, 1.82) is 0 Å². The Balaban J connectivity index is 3.31. The second-order valence-electron chi connectivity index (χ2n) is 5.06. The molecule has 4 heteroatoms. The van der Waals surface area contributed by atoms with Gasteiger partial charge in [-0.1, -0.05) is 20.3 Å². The summed E-state index contributed by atoms with van der Waals surface area (Å²) >= 11 is 0. The van der Waals surface area contributed by atoms with Crippen LogP contribution in [-0.2, 0) is 5.60 Å². The second kappa shape index (κ2) is 5.08. The van der Waals surface area contributed by atoms with E-state index in [-0.39, 0.29) is 12.0 Å². The molecule has 0 aromatic carbocycles. The van der Waals surface area contributed by atoms with Crippen molar-refractivity contribution in [2.75, 3.05) is 7.11 Å². The van der Waals surface area contributed by atoms with E-state index in [4.69, 9.17) is 4.74 Å². The van der Waals surface area contributed by atoms with Gasteiger partial charge in [0, 0.05) is 6.04 Å². The maximum Gasteiger partial charge on any atom is 0.162 e. The van der Waals surface area contributed by atoms with E-state index in [0.29, 0.717) is 5.75 Å². The van der Waals surface area contributed by atoms with Crippen molar-refractivity contribution in [2.24, 2.45) is 5.92 Å². The highest BCUT2D eigenvalue weighted by atomic mass is 16.5. The quantitative estimate of drug-likeness (QED) is 0.860. The Morgan fingerprint density at radius 3 is 2.47 bits per heavy atom. The van der Waals surface area contributed by atoms with Crippen LogP contribution in [0.25, 0.3) is 0 Å². The molecule has 0 bridgehead atoms. The lowest BCUT2D eigenvalue weighted by Crippen LogP contribution is -2.33. The van der Waals surface area contributed by atoms with Crippen molar-refractivity contribution >= 4 is 0 Å². The number of nitrogens with zero attached hydrogens (tertiary/aromatic N) is 2. The number of aliphatic hydroxyl groups is 1. The maximum absolute atomic E-state index is 10.7. The lowest BCUT2D eigenvalue weighted by atomic mass is 9.85. The average molecular weight is 240 g/mol. The summed E-state index contributed by atoms with van der Waals surface area (Å²) in [5.74, 6) is 0.801. The molecule has 0 saturated carbocycles. The van der Waals surface area contributed by atoms with Crippen molar-refractivity contribution < 1.29 is 9.84 Å². The zero-order chi connectivity index (χ0) is 13.2. The van der Waals surface area contributed by atoms with Crippen LogP contribution in [0.2, 0.25) is 0 Å². The molecule has 98 valence electrons. The Bertz CT molecular complexity index is 369. The van der Waals surface area contributed by atoms with Gasteiger partial charge in [-0.05, 0) is 26.7 Å². The molecule has 4 nitrogen and oxygen atoms in total. The van der Waals surface area contributed by atoms with E-state index in [9.17, 15) is 5.11 Å². The highest BCUT2D eigenvalue weighted by Gasteiger charge is 2.36. The minimum atomic E-state index is -0.930. The van der Waals surface area contributed by atoms with Crippen LogP contribution >= 0.6 is 0 Å². The molecule has 1 aromatic rings. The minimum absolute atomic E-state index is 0.144. The highest BCUT2D eigenvalue weighted by molar-refractivity contribution is 5.31. The van der Waals surface area contributed by atoms with Gasteiger partial charge in [0.05, 0.1) is 13.3 Å². The molecule has 1 heterocycles. The van der Waals surface area contributed by atoms with Gasteiger partial charge in [0.25, 0.3) is 0 Å². The molecule has 0 spiro atoms. The molecule has 1 N–H and O–H groups in total. The van der Waals surface area contributed by atoms with Crippen molar-refractivity contribution in [3.05, 3.63) is 11.9 Å². The van der Waals surface area contributed by atoms with E-state index in [1.54, 1.807) is 13.3 Å². The molecular weight excluding hydrogens is 216 g/mol. The summed E-state index contributed by atoms with van der Waals surface area (Å²) in [6, 6.07) is 0.199. The van der Waals surface area contributed by atoms with Gasteiger partial charge in [-0.3, -0.25) is 4.68 Å². The van der Waals surface area contributed by atoms with Crippen molar-refractivity contribution in [3.8, 4) is 5.75 Å². The topological polar surface area (TPSA) is 47.3 Å². The van der Waals surface area contributed by atoms with Gasteiger partial charge in [-0.2, -0.15) is 5.10 Å². The number of ether oxygens (including phenoxy) is 1. The molecule has 2 atom stereocenters. The Morgan fingerprint density at radius 1 is 1.47 bits per heavy atom. The van der Waals surface area contributed by atoms with Crippen LogP contribution in [0, 0.1) is 5.92 Å². The zero-order valence-corrected chi connectivity index (χ0v) is 11.7. The summed E-state index contributed by atoms with van der Waals surface area (Å²) in [7, 11) is 1.61. The number of hydrogen-bond donors (Lipinski definition) is 1. The van der Waals surface area contributed by atoms with E-state index >= 15 is 0 Å². The summed E-state index contributed by atoms with van der Waals surface area (Å²) in [4.78, 5) is 0. The first-order chi connectivity index (χ1) is 7.86. The minimum Gasteiger partial charge on any atom is -0.493 e. The van der Waals surface area contributed by atoms with Crippen molar-refractivity contribution in [3.63, 3.8) is 0 Å². The van der Waals surface area contributed by atoms with E-state index < -0.39 is 5.60 Å². The first kappa shape index (κ1) is 14.0. The molecule has 0 aliphatic rings. The Hall–Kier alpha value is -1.03. The van der Waals surface area contributed by atoms with E-state index in [1.807, 2.05) is 32.4 Å². The van der Waals surface area contributed by atoms with Gasteiger partial charge < -0.3 is 9.84 Å². The van der Waals surface area contributed by atoms with E-state index in [2.05, 4.69) is 12.0 Å². The van der Waals surface area contributed by atoms with Crippen molar-refractivity contribution in [2.45, 2.75) is 52.7 Å². The van der Waals surface area contributed by atoms with Crippen LogP contribution < -0.4 is 4.74 Å². The lowest BCUT2D eigenvalue weighted by molar-refractivity contribution is -0.0111. The lowest BCUT2D eigenvalue weighted by Gasteiger charge is -2.31. The largest absolute Gasteiger partial charge is 0.493 e. The Kier molecular flexibility index (Phi) is 4.20. The van der Waals surface area contributed by atoms with E-state index in [1.165, 1.54) is 0 Å². The summed E-state index contributed by atoms with van der Waals surface area (Å²) in [5.41, 5.74) is -0.162. The fraction of sp³-hybridized carbons (Fsp3) is 0.769. The summed E-state index contributed by atoms with van der Waals surface area (Å²) in [5, 5.41) is 15.0. The summed E-state index contributed by atoms with van der Waals surface area (Å²) < 4.78 is 7.15. The van der Waals surface area contributed by atoms with Gasteiger partial charge in [0.15, 0.2) is 5.75 Å².